The summed E-state index contributed by atoms with van der Waals surface area (Å²) in [6.45, 7) is 2.50. The SMILES string of the molecule is CCO[C@H]1C=C[C@H]2C/C=C\C[C@H](c3ccc(Cl)cc3)OC(=O)C[C@@H]1O2. The van der Waals surface area contributed by atoms with Crippen LogP contribution in [0.2, 0.25) is 5.02 Å². The van der Waals surface area contributed by atoms with Crippen LogP contribution in [0.15, 0.2) is 48.6 Å². The lowest BCUT2D eigenvalue weighted by Crippen LogP contribution is -2.38. The average Bonchev–Trinajstić information content (AvgIpc) is 2.62. The monoisotopic (exact) mass is 362 g/mol. The van der Waals surface area contributed by atoms with Crippen LogP contribution in [-0.2, 0) is 19.0 Å². The first-order valence-electron chi connectivity index (χ1n) is 8.71. The number of esters is 1. The van der Waals surface area contributed by atoms with E-state index in [1.807, 2.05) is 49.4 Å². The van der Waals surface area contributed by atoms with E-state index >= 15 is 0 Å². The van der Waals surface area contributed by atoms with Crippen LogP contribution in [0.3, 0.4) is 0 Å². The standard InChI is InChI=1S/C20H23ClO4/c1-2-23-18-12-11-16-5-3-4-6-17(14-7-9-15(21)10-8-14)25-20(22)13-19(18)24-16/h3-4,7-12,16-19H,2,5-6,13H2,1H3/b4-3-/t16-,17-,18+,19+/m1/s1. The van der Waals surface area contributed by atoms with Crippen molar-refractivity contribution in [1.29, 1.82) is 0 Å². The Hall–Kier alpha value is -1.62. The highest BCUT2D eigenvalue weighted by atomic mass is 35.5. The van der Waals surface area contributed by atoms with Crippen LogP contribution >= 0.6 is 11.6 Å². The molecule has 4 nitrogen and oxygen atoms in total. The van der Waals surface area contributed by atoms with Gasteiger partial charge in [0.05, 0.1) is 18.6 Å². The first-order chi connectivity index (χ1) is 12.2. The summed E-state index contributed by atoms with van der Waals surface area (Å²) < 4.78 is 17.5. The lowest BCUT2D eigenvalue weighted by Gasteiger charge is -2.31. The van der Waals surface area contributed by atoms with Crippen LogP contribution in [-0.4, -0.2) is 30.9 Å². The summed E-state index contributed by atoms with van der Waals surface area (Å²) in [5, 5.41) is 0.662. The quantitative estimate of drug-likeness (QED) is 0.590. The van der Waals surface area contributed by atoms with Gasteiger partial charge in [0, 0.05) is 18.1 Å². The van der Waals surface area contributed by atoms with Crippen molar-refractivity contribution in [3.8, 4) is 0 Å². The molecule has 2 aliphatic heterocycles. The summed E-state index contributed by atoms with van der Waals surface area (Å²) in [7, 11) is 0. The molecule has 0 aromatic heterocycles. The van der Waals surface area contributed by atoms with Crippen LogP contribution in [0.5, 0.6) is 0 Å². The fourth-order valence-electron chi connectivity index (χ4n) is 3.11. The largest absolute Gasteiger partial charge is 0.457 e. The molecule has 2 aliphatic rings. The van der Waals surface area contributed by atoms with Crippen LogP contribution in [0.4, 0.5) is 0 Å². The van der Waals surface area contributed by atoms with Gasteiger partial charge in [0.1, 0.15) is 12.2 Å². The van der Waals surface area contributed by atoms with Crippen LogP contribution in [0.1, 0.15) is 37.9 Å². The molecule has 0 aliphatic carbocycles. The predicted molar refractivity (Wildman–Crippen MR) is 96.5 cm³/mol. The Bertz CT molecular complexity index is 638. The minimum atomic E-state index is -0.322. The number of ether oxygens (including phenoxy) is 3. The van der Waals surface area contributed by atoms with Crippen molar-refractivity contribution in [1.82, 2.24) is 0 Å². The Labute approximate surface area is 153 Å². The Balaban J connectivity index is 1.78. The Morgan fingerprint density at radius 2 is 1.92 bits per heavy atom. The molecule has 3 rings (SSSR count). The molecule has 0 unspecified atom stereocenters. The van der Waals surface area contributed by atoms with Gasteiger partial charge in [0.25, 0.3) is 0 Å². The molecule has 0 N–H and O–H groups in total. The lowest BCUT2D eigenvalue weighted by molar-refractivity contribution is -0.157. The maximum atomic E-state index is 12.5. The highest BCUT2D eigenvalue weighted by Gasteiger charge is 2.31. The molecule has 0 saturated carbocycles. The van der Waals surface area contributed by atoms with Crippen molar-refractivity contribution in [2.75, 3.05) is 6.61 Å². The summed E-state index contributed by atoms with van der Waals surface area (Å²) in [5.41, 5.74) is 0.935. The third-order valence-electron chi connectivity index (χ3n) is 4.36. The summed E-state index contributed by atoms with van der Waals surface area (Å²) in [6.07, 6.45) is 8.82. The summed E-state index contributed by atoms with van der Waals surface area (Å²) in [4.78, 5) is 12.5. The van der Waals surface area contributed by atoms with E-state index in [0.29, 0.717) is 18.1 Å². The summed E-state index contributed by atoms with van der Waals surface area (Å²) in [5.74, 6) is -0.279. The second-order valence-corrected chi connectivity index (χ2v) is 6.63. The molecular weight excluding hydrogens is 340 g/mol. The topological polar surface area (TPSA) is 44.8 Å². The first-order valence-corrected chi connectivity index (χ1v) is 9.09. The number of benzene rings is 1. The molecule has 0 saturated heterocycles. The Morgan fingerprint density at radius 1 is 1.16 bits per heavy atom. The van der Waals surface area contributed by atoms with Crippen molar-refractivity contribution in [2.45, 2.75) is 50.6 Å². The number of carbonyl (C=O) groups excluding carboxylic acids is 1. The van der Waals surface area contributed by atoms with Gasteiger partial charge in [-0.2, -0.15) is 0 Å². The number of carbonyl (C=O) groups is 1. The number of hydrogen-bond donors (Lipinski definition) is 0. The Morgan fingerprint density at radius 3 is 2.68 bits per heavy atom. The van der Waals surface area contributed by atoms with Crippen molar-refractivity contribution in [3.63, 3.8) is 0 Å². The number of rotatable bonds is 3. The molecule has 0 amide bonds. The highest BCUT2D eigenvalue weighted by molar-refractivity contribution is 6.30. The van der Waals surface area contributed by atoms with Crippen LogP contribution in [0.25, 0.3) is 0 Å². The summed E-state index contributed by atoms with van der Waals surface area (Å²) >= 11 is 5.95. The van der Waals surface area contributed by atoms with Crippen molar-refractivity contribution in [3.05, 3.63) is 59.2 Å². The number of cyclic esters (lactones) is 1. The highest BCUT2D eigenvalue weighted by Crippen LogP contribution is 2.28. The molecule has 5 heteroatoms. The first kappa shape index (κ1) is 18.2. The zero-order chi connectivity index (χ0) is 17.6. The molecule has 25 heavy (non-hydrogen) atoms. The van der Waals surface area contributed by atoms with Gasteiger partial charge in [-0.25, -0.2) is 0 Å². The van der Waals surface area contributed by atoms with Gasteiger partial charge in [-0.3, -0.25) is 4.79 Å². The van der Waals surface area contributed by atoms with E-state index in [0.717, 1.165) is 12.0 Å². The molecular formula is C20H23ClO4. The van der Waals surface area contributed by atoms with Gasteiger partial charge >= 0.3 is 5.97 Å². The third-order valence-corrected chi connectivity index (χ3v) is 4.61. The van der Waals surface area contributed by atoms with Gasteiger partial charge in [-0.1, -0.05) is 48.0 Å². The minimum Gasteiger partial charge on any atom is -0.457 e. The number of halogens is 1. The molecule has 2 heterocycles. The maximum Gasteiger partial charge on any atom is 0.309 e. The van der Waals surface area contributed by atoms with Gasteiger partial charge in [-0.15, -0.1) is 0 Å². The zero-order valence-electron chi connectivity index (χ0n) is 14.3. The van der Waals surface area contributed by atoms with E-state index in [1.165, 1.54) is 0 Å². The molecule has 4 atom stereocenters. The van der Waals surface area contributed by atoms with Crippen molar-refractivity contribution >= 4 is 17.6 Å². The van der Waals surface area contributed by atoms with E-state index in [1.54, 1.807) is 0 Å². The number of hydrogen-bond acceptors (Lipinski definition) is 4. The predicted octanol–water partition coefficient (Wildman–Crippen LogP) is 4.39. The second-order valence-electron chi connectivity index (χ2n) is 6.19. The van der Waals surface area contributed by atoms with Gasteiger partial charge in [0.15, 0.2) is 0 Å². The van der Waals surface area contributed by atoms with Gasteiger partial charge < -0.3 is 14.2 Å². The fraction of sp³-hybridized carbons (Fsp3) is 0.450. The van der Waals surface area contributed by atoms with Gasteiger partial charge in [0.2, 0.25) is 0 Å². The molecule has 134 valence electrons. The van der Waals surface area contributed by atoms with E-state index < -0.39 is 0 Å². The molecule has 0 radical (unpaired) electrons. The van der Waals surface area contributed by atoms with E-state index in [2.05, 4.69) is 6.08 Å². The third kappa shape index (κ3) is 4.94. The molecule has 0 spiro atoms. The maximum absolute atomic E-state index is 12.5. The second kappa shape index (κ2) is 8.65. The number of fused-ring (bicyclic) bond motifs is 2. The van der Waals surface area contributed by atoms with Gasteiger partial charge in [-0.05, 0) is 31.0 Å². The molecule has 0 fully saturated rings. The van der Waals surface area contributed by atoms with Crippen molar-refractivity contribution < 1.29 is 19.0 Å². The summed E-state index contributed by atoms with van der Waals surface area (Å²) in [6, 6.07) is 7.41. The van der Waals surface area contributed by atoms with Crippen LogP contribution in [0, 0.1) is 0 Å². The zero-order valence-corrected chi connectivity index (χ0v) is 15.0. The molecule has 1 aromatic rings. The average molecular weight is 363 g/mol. The molecule has 2 bridgehead atoms. The van der Waals surface area contributed by atoms with Crippen molar-refractivity contribution in [2.24, 2.45) is 0 Å². The normalized spacial score (nSPS) is 31.0. The van der Waals surface area contributed by atoms with Crippen LogP contribution < -0.4 is 0 Å². The smallest absolute Gasteiger partial charge is 0.309 e. The lowest BCUT2D eigenvalue weighted by atomic mass is 10.0. The Kier molecular flexibility index (Phi) is 6.29. The van der Waals surface area contributed by atoms with E-state index in [9.17, 15) is 4.79 Å². The molecule has 1 aromatic carbocycles. The minimum absolute atomic E-state index is 0.0298. The fourth-order valence-corrected chi connectivity index (χ4v) is 3.24. The van der Waals surface area contributed by atoms with E-state index in [4.69, 9.17) is 25.8 Å². The van der Waals surface area contributed by atoms with E-state index in [-0.39, 0.29) is 36.8 Å².